The lowest BCUT2D eigenvalue weighted by atomic mass is 9.70. The Bertz CT molecular complexity index is 1850. The molecule has 0 saturated carbocycles. The fourth-order valence-corrected chi connectivity index (χ4v) is 8.94. The molecule has 5 aromatic carbocycles. The van der Waals surface area contributed by atoms with Crippen molar-refractivity contribution in [2.75, 3.05) is 11.9 Å². The van der Waals surface area contributed by atoms with Crippen LogP contribution in [0, 0.1) is 6.92 Å². The minimum absolute atomic E-state index is 0.0650. The van der Waals surface area contributed by atoms with E-state index in [-0.39, 0.29) is 5.41 Å². The van der Waals surface area contributed by atoms with Crippen LogP contribution in [-0.2, 0) is 43.9 Å². The highest BCUT2D eigenvalue weighted by atomic mass is 15.1. The molecule has 0 radical (unpaired) electrons. The van der Waals surface area contributed by atoms with Crippen LogP contribution in [0.2, 0.25) is 0 Å². The molecule has 3 aliphatic rings. The van der Waals surface area contributed by atoms with Gasteiger partial charge in [0, 0.05) is 23.8 Å². The predicted octanol–water partition coefficient (Wildman–Crippen LogP) is 11.8. The minimum atomic E-state index is 0.0650. The van der Waals surface area contributed by atoms with Crippen molar-refractivity contribution < 1.29 is 0 Å². The fourth-order valence-electron chi connectivity index (χ4n) is 8.94. The van der Waals surface area contributed by atoms with Gasteiger partial charge in [-0.3, -0.25) is 0 Å². The molecule has 0 bridgehead atoms. The number of hydrogen-bond donors (Lipinski definition) is 0. The van der Waals surface area contributed by atoms with E-state index in [1.165, 1.54) is 129 Å². The maximum Gasteiger partial charge on any atom is 0.0411 e. The van der Waals surface area contributed by atoms with Crippen LogP contribution < -0.4 is 4.90 Å². The molecule has 0 unspecified atom stereocenters. The molecule has 0 atom stereocenters. The molecule has 1 nitrogen and oxygen atoms in total. The van der Waals surface area contributed by atoms with Gasteiger partial charge in [0.25, 0.3) is 0 Å². The first-order chi connectivity index (χ1) is 23.6. The summed E-state index contributed by atoms with van der Waals surface area (Å²) in [5, 5.41) is 0. The molecule has 0 aromatic heterocycles. The van der Waals surface area contributed by atoms with Crippen molar-refractivity contribution in [3.63, 3.8) is 0 Å². The summed E-state index contributed by atoms with van der Waals surface area (Å²) in [4.78, 5) is 2.36. The zero-order valence-electron chi connectivity index (χ0n) is 29.2. The zero-order valence-corrected chi connectivity index (χ0v) is 29.2. The van der Waals surface area contributed by atoms with Gasteiger partial charge in [-0.15, -0.1) is 0 Å². The average molecular weight is 630 g/mol. The van der Waals surface area contributed by atoms with E-state index in [1.54, 1.807) is 33.4 Å². The van der Waals surface area contributed by atoms with Gasteiger partial charge in [-0.05, 0) is 151 Å². The van der Waals surface area contributed by atoms with Gasteiger partial charge in [0.05, 0.1) is 0 Å². The molecule has 48 heavy (non-hydrogen) atoms. The van der Waals surface area contributed by atoms with Gasteiger partial charge in [0.15, 0.2) is 0 Å². The zero-order chi connectivity index (χ0) is 32.5. The molecule has 0 fully saturated rings. The van der Waals surface area contributed by atoms with Gasteiger partial charge in [-0.2, -0.15) is 0 Å². The Hall–Kier alpha value is -4.10. The van der Waals surface area contributed by atoms with Gasteiger partial charge < -0.3 is 4.90 Å². The number of benzene rings is 5. The van der Waals surface area contributed by atoms with Crippen molar-refractivity contribution in [3.8, 4) is 11.1 Å². The van der Waals surface area contributed by atoms with Gasteiger partial charge >= 0.3 is 0 Å². The van der Waals surface area contributed by atoms with E-state index >= 15 is 0 Å². The quantitative estimate of drug-likeness (QED) is 0.110. The maximum atomic E-state index is 2.56. The number of unbranched alkanes of at least 4 members (excludes halogenated alkanes) is 4. The van der Waals surface area contributed by atoms with Crippen LogP contribution >= 0.6 is 0 Å². The van der Waals surface area contributed by atoms with Crippen LogP contribution in [0.5, 0.6) is 0 Å². The number of para-hydroxylation sites is 1. The van der Waals surface area contributed by atoms with Crippen LogP contribution in [0.15, 0.2) is 103 Å². The summed E-state index contributed by atoms with van der Waals surface area (Å²) >= 11 is 0. The Kier molecular flexibility index (Phi) is 8.72. The van der Waals surface area contributed by atoms with Crippen LogP contribution in [0.3, 0.4) is 0 Å². The molecular weight excluding hydrogens is 579 g/mol. The Morgan fingerprint density at radius 1 is 0.500 bits per heavy atom. The summed E-state index contributed by atoms with van der Waals surface area (Å²) in [5.74, 6) is 0. The molecule has 244 valence electrons. The summed E-state index contributed by atoms with van der Waals surface area (Å²) in [7, 11) is 2.22. The summed E-state index contributed by atoms with van der Waals surface area (Å²) in [6.45, 7) is 2.28. The number of rotatable bonds is 14. The van der Waals surface area contributed by atoms with Crippen molar-refractivity contribution >= 4 is 11.4 Å². The largest absolute Gasteiger partial charge is 0.345 e. The minimum Gasteiger partial charge on any atom is -0.345 e. The average Bonchev–Trinajstić information content (AvgIpc) is 3.34. The monoisotopic (exact) mass is 629 g/mol. The van der Waals surface area contributed by atoms with E-state index in [2.05, 4.69) is 122 Å². The van der Waals surface area contributed by atoms with Crippen molar-refractivity contribution in [2.24, 2.45) is 0 Å². The third-order valence-electron chi connectivity index (χ3n) is 12.0. The van der Waals surface area contributed by atoms with E-state index in [1.807, 2.05) is 0 Å². The third kappa shape index (κ3) is 6.02. The smallest absolute Gasteiger partial charge is 0.0411 e. The van der Waals surface area contributed by atoms with Gasteiger partial charge in [0.1, 0.15) is 0 Å². The Labute approximate surface area is 289 Å². The van der Waals surface area contributed by atoms with Crippen LogP contribution in [0.25, 0.3) is 11.1 Å². The van der Waals surface area contributed by atoms with Gasteiger partial charge in [0.2, 0.25) is 0 Å². The number of nitrogens with zero attached hydrogens (tertiary/aromatic N) is 1. The number of hydrogen-bond acceptors (Lipinski definition) is 1. The molecular formula is C47H51N. The lowest BCUT2D eigenvalue weighted by molar-refractivity contribution is 0.402. The van der Waals surface area contributed by atoms with E-state index < -0.39 is 0 Å². The van der Waals surface area contributed by atoms with Gasteiger partial charge in [-0.1, -0.05) is 110 Å². The number of aryl methyl sites for hydroxylation is 7. The number of anilines is 2. The highest BCUT2D eigenvalue weighted by Gasteiger charge is 2.42. The second-order valence-corrected chi connectivity index (χ2v) is 15.1. The Balaban J connectivity index is 1.04. The topological polar surface area (TPSA) is 3.24 Å². The summed E-state index contributed by atoms with van der Waals surface area (Å²) < 4.78 is 0. The van der Waals surface area contributed by atoms with Crippen LogP contribution in [0.1, 0.15) is 101 Å². The normalized spacial score (nSPS) is 14.7. The lowest BCUT2D eigenvalue weighted by Crippen LogP contribution is -2.26. The van der Waals surface area contributed by atoms with Gasteiger partial charge in [-0.25, -0.2) is 0 Å². The molecule has 0 aliphatic heterocycles. The van der Waals surface area contributed by atoms with Crippen molar-refractivity contribution in [1.29, 1.82) is 0 Å². The number of fused-ring (bicyclic) bond motifs is 5. The second-order valence-electron chi connectivity index (χ2n) is 15.1. The molecule has 0 heterocycles. The van der Waals surface area contributed by atoms with E-state index in [0.717, 1.165) is 0 Å². The van der Waals surface area contributed by atoms with Crippen molar-refractivity contribution in [1.82, 2.24) is 0 Å². The van der Waals surface area contributed by atoms with Crippen LogP contribution in [0.4, 0.5) is 11.4 Å². The maximum absolute atomic E-state index is 2.56. The first kappa shape index (κ1) is 31.2. The first-order valence-electron chi connectivity index (χ1n) is 18.8. The fraction of sp³-hybridized carbons (Fsp3) is 0.362. The molecule has 5 aromatic rings. The highest BCUT2D eigenvalue weighted by molar-refractivity contribution is 5.84. The molecule has 0 spiro atoms. The highest BCUT2D eigenvalue weighted by Crippen LogP contribution is 2.55. The molecule has 1 heteroatoms. The lowest BCUT2D eigenvalue weighted by Gasteiger charge is -2.34. The molecule has 0 saturated heterocycles. The second kappa shape index (κ2) is 13.4. The van der Waals surface area contributed by atoms with E-state index in [9.17, 15) is 0 Å². The third-order valence-corrected chi connectivity index (χ3v) is 12.0. The van der Waals surface area contributed by atoms with Crippen molar-refractivity contribution in [2.45, 2.75) is 102 Å². The summed E-state index contributed by atoms with van der Waals surface area (Å²) in [5.41, 5.74) is 19.5. The Morgan fingerprint density at radius 3 is 1.62 bits per heavy atom. The standard InChI is InChI=1S/C47H51N/c1-34-16-26-43-44-27-25-42(48(2)41-14-8-3-9-15-41)33-46(44)47(45(43)30-34,28-10-4-6-12-35-17-19-37-21-23-39(37)31-35)29-11-5-7-13-36-18-20-38-22-24-40(38)32-36/h3,8-9,14-20,25-27,30-33H,4-7,10-13,21-24,28-29H2,1-2H3. The molecule has 0 amide bonds. The first-order valence-corrected chi connectivity index (χ1v) is 18.8. The Morgan fingerprint density at radius 2 is 1.06 bits per heavy atom. The molecule has 8 rings (SSSR count). The summed E-state index contributed by atoms with van der Waals surface area (Å²) in [6.07, 6.45) is 17.6. The van der Waals surface area contributed by atoms with E-state index in [0.29, 0.717) is 0 Å². The van der Waals surface area contributed by atoms with Crippen LogP contribution in [-0.4, -0.2) is 7.05 Å². The SMILES string of the molecule is Cc1ccc2c(c1)C(CCCCCc1ccc3c(c1)CC3)(CCCCCc1ccc3c(c1)CC3)c1cc(N(C)c3ccccc3)ccc1-2. The van der Waals surface area contributed by atoms with E-state index in [4.69, 9.17) is 0 Å². The van der Waals surface area contributed by atoms with Crippen molar-refractivity contribution in [3.05, 3.63) is 153 Å². The predicted molar refractivity (Wildman–Crippen MR) is 204 cm³/mol. The molecule has 3 aliphatic carbocycles. The molecule has 0 N–H and O–H groups in total. The summed E-state index contributed by atoms with van der Waals surface area (Å²) in [6, 6.07) is 39.9.